The molecular weight excluding hydrogens is 390 g/mol. The average molecular weight is 406 g/mol. The van der Waals surface area contributed by atoms with E-state index in [1.165, 1.54) is 22.0 Å². The van der Waals surface area contributed by atoms with Crippen LogP contribution in [0.4, 0.5) is 5.69 Å². The van der Waals surface area contributed by atoms with Crippen LogP contribution in [0, 0.1) is 10.9 Å². The molecule has 2 aromatic heterocycles. The molecule has 1 amide bonds. The summed E-state index contributed by atoms with van der Waals surface area (Å²) in [4.78, 5) is 28.3. The van der Waals surface area contributed by atoms with Gasteiger partial charge in [0.2, 0.25) is 5.91 Å². The van der Waals surface area contributed by atoms with Gasteiger partial charge in [-0.15, -0.1) is 11.3 Å². The summed E-state index contributed by atoms with van der Waals surface area (Å²) in [5.41, 5.74) is 2.13. The second-order valence-electron chi connectivity index (χ2n) is 5.76. The first-order valence-corrected chi connectivity index (χ1v) is 9.45. The van der Waals surface area contributed by atoms with E-state index in [9.17, 15) is 9.59 Å². The van der Waals surface area contributed by atoms with Gasteiger partial charge in [-0.3, -0.25) is 9.59 Å². The summed E-state index contributed by atoms with van der Waals surface area (Å²) < 4.78 is 2.17. The third kappa shape index (κ3) is 4.49. The summed E-state index contributed by atoms with van der Waals surface area (Å²) in [6.07, 6.45) is 1.85. The molecule has 0 radical (unpaired) electrons. The summed E-state index contributed by atoms with van der Waals surface area (Å²) in [6, 6.07) is 10.4. The van der Waals surface area contributed by atoms with E-state index < -0.39 is 0 Å². The number of carbonyl (C=O) groups excluding carboxylic acids is 1. The Bertz CT molecular complexity index is 1070. The molecule has 26 heavy (non-hydrogen) atoms. The molecule has 8 heteroatoms. The number of pyridine rings is 1. The molecule has 3 aromatic rings. The van der Waals surface area contributed by atoms with Crippen LogP contribution >= 0.6 is 35.2 Å². The van der Waals surface area contributed by atoms with Crippen LogP contribution in [0.15, 0.2) is 47.4 Å². The smallest absolute Gasteiger partial charge is 0.250 e. The van der Waals surface area contributed by atoms with Gasteiger partial charge in [0, 0.05) is 27.9 Å². The van der Waals surface area contributed by atoms with Gasteiger partial charge in [0.05, 0.1) is 18.7 Å². The number of aromatic nitrogens is 2. The van der Waals surface area contributed by atoms with Crippen LogP contribution in [0.1, 0.15) is 16.1 Å². The largest absolute Gasteiger partial charge is 0.341 e. The van der Waals surface area contributed by atoms with Crippen LogP contribution in [-0.2, 0) is 17.8 Å². The number of benzene rings is 1. The maximum absolute atomic E-state index is 12.3. The number of H-pyrrole nitrogens is 1. The van der Waals surface area contributed by atoms with Crippen LogP contribution < -0.4 is 10.9 Å². The molecule has 0 bridgehead atoms. The van der Waals surface area contributed by atoms with Crippen molar-refractivity contribution in [3.63, 3.8) is 0 Å². The first kappa shape index (κ1) is 18.6. The van der Waals surface area contributed by atoms with Gasteiger partial charge < -0.3 is 14.9 Å². The van der Waals surface area contributed by atoms with E-state index in [4.69, 9.17) is 23.8 Å². The third-order valence-corrected chi connectivity index (χ3v) is 5.52. The summed E-state index contributed by atoms with van der Waals surface area (Å²) in [5, 5.41) is 3.42. The number of anilines is 1. The molecule has 0 saturated heterocycles. The fourth-order valence-electron chi connectivity index (χ4n) is 2.50. The van der Waals surface area contributed by atoms with Gasteiger partial charge in [-0.1, -0.05) is 29.8 Å². The molecule has 134 valence electrons. The molecule has 2 N–H and O–H groups in total. The fraction of sp³-hybridized carbons (Fsp3) is 0.167. The average Bonchev–Trinajstić information content (AvgIpc) is 2.90. The lowest BCUT2D eigenvalue weighted by atomic mass is 10.2. The lowest BCUT2D eigenvalue weighted by Gasteiger charge is -2.10. The molecule has 0 aliphatic carbocycles. The number of hydrogen-bond acceptors (Lipinski definition) is 4. The Kier molecular flexibility index (Phi) is 5.70. The quantitative estimate of drug-likeness (QED) is 0.626. The predicted octanol–water partition coefficient (Wildman–Crippen LogP) is 4.16. The van der Waals surface area contributed by atoms with Crippen molar-refractivity contribution in [2.45, 2.75) is 19.9 Å². The number of halogens is 1. The monoisotopic (exact) mass is 405 g/mol. The summed E-state index contributed by atoms with van der Waals surface area (Å²) in [5.74, 6) is -0.165. The molecule has 0 saturated carbocycles. The van der Waals surface area contributed by atoms with Gasteiger partial charge in [0.1, 0.15) is 0 Å². The topological polar surface area (TPSA) is 66.9 Å². The number of thiazole rings is 1. The molecule has 2 heterocycles. The molecule has 5 nitrogen and oxygen atoms in total. The summed E-state index contributed by atoms with van der Waals surface area (Å²) >= 11 is 12.6. The van der Waals surface area contributed by atoms with Gasteiger partial charge in [-0.2, -0.15) is 0 Å². The van der Waals surface area contributed by atoms with Crippen LogP contribution in [-0.4, -0.2) is 15.5 Å². The van der Waals surface area contributed by atoms with Crippen molar-refractivity contribution < 1.29 is 4.79 Å². The highest BCUT2D eigenvalue weighted by atomic mass is 35.5. The SMILES string of the molecule is Cc1[nH]c(=S)sc1CC(=O)Nc1ccc(=O)n(Cc2ccccc2Cl)c1. The Morgan fingerprint density at radius 3 is 2.77 bits per heavy atom. The van der Waals surface area contributed by atoms with Gasteiger partial charge in [-0.25, -0.2) is 0 Å². The Balaban J connectivity index is 1.76. The number of carbonyl (C=O) groups is 1. The van der Waals surface area contributed by atoms with Gasteiger partial charge in [0.15, 0.2) is 3.95 Å². The zero-order chi connectivity index (χ0) is 18.7. The van der Waals surface area contributed by atoms with Gasteiger partial charge >= 0.3 is 0 Å². The van der Waals surface area contributed by atoms with E-state index in [1.807, 2.05) is 25.1 Å². The first-order chi connectivity index (χ1) is 12.4. The first-order valence-electron chi connectivity index (χ1n) is 7.85. The minimum Gasteiger partial charge on any atom is -0.341 e. The van der Waals surface area contributed by atoms with Crippen molar-refractivity contribution >= 4 is 46.8 Å². The van der Waals surface area contributed by atoms with Crippen molar-refractivity contribution in [1.82, 2.24) is 9.55 Å². The van der Waals surface area contributed by atoms with Crippen LogP contribution in [0.5, 0.6) is 0 Å². The molecular formula is C18H16ClN3O2S2. The van der Waals surface area contributed by atoms with E-state index >= 15 is 0 Å². The number of amides is 1. The third-order valence-electron chi connectivity index (χ3n) is 3.81. The normalized spacial score (nSPS) is 10.7. The second-order valence-corrected chi connectivity index (χ2v) is 7.94. The Labute approximate surface area is 164 Å². The Morgan fingerprint density at radius 2 is 2.08 bits per heavy atom. The van der Waals surface area contributed by atoms with Crippen molar-refractivity contribution in [3.8, 4) is 0 Å². The van der Waals surface area contributed by atoms with Gasteiger partial charge in [-0.05, 0) is 36.8 Å². The molecule has 0 aliphatic heterocycles. The maximum Gasteiger partial charge on any atom is 0.250 e. The molecule has 0 spiro atoms. The van der Waals surface area contributed by atoms with Crippen LogP contribution in [0.25, 0.3) is 0 Å². The molecule has 0 atom stereocenters. The van der Waals surface area contributed by atoms with E-state index in [0.29, 0.717) is 21.2 Å². The minimum absolute atomic E-state index is 0.164. The van der Waals surface area contributed by atoms with Crippen LogP contribution in [0.3, 0.4) is 0 Å². The van der Waals surface area contributed by atoms with Crippen molar-refractivity contribution in [3.05, 3.63) is 78.1 Å². The molecule has 0 aliphatic rings. The van der Waals surface area contributed by atoms with Crippen molar-refractivity contribution in [2.24, 2.45) is 0 Å². The highest BCUT2D eigenvalue weighted by Gasteiger charge is 2.10. The summed E-state index contributed by atoms with van der Waals surface area (Å²) in [6.45, 7) is 2.22. The second kappa shape index (κ2) is 7.99. The number of aromatic amines is 1. The molecule has 0 fully saturated rings. The Hall–Kier alpha value is -2.22. The lowest BCUT2D eigenvalue weighted by Crippen LogP contribution is -2.21. The van der Waals surface area contributed by atoms with Crippen molar-refractivity contribution in [2.75, 3.05) is 5.32 Å². The number of aryl methyl sites for hydroxylation is 1. The standard InChI is InChI=1S/C18H16ClN3O2S2/c1-11-15(26-18(25)20-11)8-16(23)21-13-6-7-17(24)22(10-13)9-12-4-2-3-5-14(12)19/h2-7,10H,8-9H2,1H3,(H,20,25)(H,21,23). The van der Waals surface area contributed by atoms with Gasteiger partial charge in [0.25, 0.3) is 5.56 Å². The lowest BCUT2D eigenvalue weighted by molar-refractivity contribution is -0.115. The zero-order valence-electron chi connectivity index (χ0n) is 13.9. The van der Waals surface area contributed by atoms with Crippen LogP contribution in [0.2, 0.25) is 5.02 Å². The molecule has 3 rings (SSSR count). The number of nitrogens with one attached hydrogen (secondary N) is 2. The summed E-state index contributed by atoms with van der Waals surface area (Å²) in [7, 11) is 0. The number of nitrogens with zero attached hydrogens (tertiary/aromatic N) is 1. The number of hydrogen-bond donors (Lipinski definition) is 2. The Morgan fingerprint density at radius 1 is 1.31 bits per heavy atom. The zero-order valence-corrected chi connectivity index (χ0v) is 16.3. The van der Waals surface area contributed by atoms with Crippen molar-refractivity contribution in [1.29, 1.82) is 0 Å². The van der Waals surface area contributed by atoms with E-state index in [2.05, 4.69) is 10.3 Å². The molecule has 0 unspecified atom stereocenters. The highest BCUT2D eigenvalue weighted by Crippen LogP contribution is 2.17. The van der Waals surface area contributed by atoms with E-state index in [-0.39, 0.29) is 17.9 Å². The minimum atomic E-state index is -0.165. The number of rotatable bonds is 5. The predicted molar refractivity (Wildman–Crippen MR) is 108 cm³/mol. The van der Waals surface area contributed by atoms with E-state index in [0.717, 1.165) is 16.1 Å². The van der Waals surface area contributed by atoms with E-state index in [1.54, 1.807) is 18.3 Å². The fourth-order valence-corrected chi connectivity index (χ4v) is 3.98. The highest BCUT2D eigenvalue weighted by molar-refractivity contribution is 7.73. The maximum atomic E-state index is 12.3. The molecule has 1 aromatic carbocycles.